The molecule has 0 aliphatic rings. The molecule has 21 heavy (non-hydrogen) atoms. The summed E-state index contributed by atoms with van der Waals surface area (Å²) < 4.78 is 30.1. The fraction of sp³-hybridized carbons (Fsp3) is 0.462. The van der Waals surface area contributed by atoms with Crippen molar-refractivity contribution < 1.29 is 23.1 Å². The highest BCUT2D eigenvalue weighted by molar-refractivity contribution is 7.89. The van der Waals surface area contributed by atoms with E-state index in [0.717, 1.165) is 4.31 Å². The van der Waals surface area contributed by atoms with Gasteiger partial charge in [-0.05, 0) is 18.2 Å². The number of hydrogen-bond donors (Lipinski definition) is 1. The van der Waals surface area contributed by atoms with Gasteiger partial charge in [-0.25, -0.2) is 17.5 Å². The Morgan fingerprint density at radius 1 is 1.29 bits per heavy atom. The summed E-state index contributed by atoms with van der Waals surface area (Å²) in [5.41, 5.74) is 0.383. The van der Waals surface area contributed by atoms with Crippen LogP contribution < -0.4 is 4.90 Å². The molecule has 0 bridgehead atoms. The van der Waals surface area contributed by atoms with Gasteiger partial charge in [-0.2, -0.15) is 0 Å². The molecule has 1 rings (SSSR count). The summed E-state index contributed by atoms with van der Waals surface area (Å²) in [5.74, 6) is -1.18. The van der Waals surface area contributed by atoms with E-state index in [2.05, 4.69) is 0 Å². The molecule has 7 nitrogen and oxygen atoms in total. The molecule has 0 saturated heterocycles. The van der Waals surface area contributed by atoms with Crippen LogP contribution in [0.3, 0.4) is 0 Å². The standard InChI is InChI=1S/C13H20N2O5S/c1-14(2)21(18,19)10-5-6-12(11(9-10)13(16)17)15(3)7-8-20-4/h5-6,9H,7-8H2,1-4H3,(H,16,17). The van der Waals surface area contributed by atoms with Crippen LogP contribution in [0.25, 0.3) is 0 Å². The molecule has 0 amide bonds. The smallest absolute Gasteiger partial charge is 0.337 e. The molecule has 0 aromatic heterocycles. The molecule has 0 radical (unpaired) electrons. The molecule has 0 aliphatic carbocycles. The van der Waals surface area contributed by atoms with Crippen LogP contribution in [0.5, 0.6) is 0 Å². The van der Waals surface area contributed by atoms with E-state index >= 15 is 0 Å². The predicted molar refractivity (Wildman–Crippen MR) is 79.4 cm³/mol. The zero-order valence-electron chi connectivity index (χ0n) is 12.5. The van der Waals surface area contributed by atoms with E-state index in [1.165, 1.54) is 32.3 Å². The van der Waals surface area contributed by atoms with Crippen LogP contribution in [0.2, 0.25) is 0 Å². The van der Waals surface area contributed by atoms with Gasteiger partial charge < -0.3 is 14.7 Å². The molecule has 1 N–H and O–H groups in total. The molecule has 0 spiro atoms. The van der Waals surface area contributed by atoms with Gasteiger partial charge in [-0.1, -0.05) is 0 Å². The number of nitrogens with zero attached hydrogens (tertiary/aromatic N) is 2. The summed E-state index contributed by atoms with van der Waals surface area (Å²) in [5, 5.41) is 9.30. The lowest BCUT2D eigenvalue weighted by atomic mass is 10.1. The summed E-state index contributed by atoms with van der Waals surface area (Å²) >= 11 is 0. The van der Waals surface area contributed by atoms with E-state index in [1.54, 1.807) is 19.1 Å². The van der Waals surface area contributed by atoms with Gasteiger partial charge in [0.15, 0.2) is 0 Å². The average molecular weight is 316 g/mol. The monoisotopic (exact) mass is 316 g/mol. The van der Waals surface area contributed by atoms with E-state index in [9.17, 15) is 18.3 Å². The third-order valence-corrected chi connectivity index (χ3v) is 4.83. The van der Waals surface area contributed by atoms with Crippen molar-refractivity contribution >= 4 is 21.7 Å². The number of sulfonamides is 1. The van der Waals surface area contributed by atoms with Crippen LogP contribution in [0.4, 0.5) is 5.69 Å². The van der Waals surface area contributed by atoms with Gasteiger partial charge in [0.25, 0.3) is 0 Å². The van der Waals surface area contributed by atoms with E-state index in [1.807, 2.05) is 0 Å². The molecular formula is C13H20N2O5S. The third kappa shape index (κ3) is 3.93. The number of methoxy groups -OCH3 is 1. The van der Waals surface area contributed by atoms with Crippen molar-refractivity contribution in [1.82, 2.24) is 4.31 Å². The van der Waals surface area contributed by atoms with Crippen LogP contribution in [0, 0.1) is 0 Å². The second-order valence-electron chi connectivity index (χ2n) is 4.69. The summed E-state index contributed by atoms with van der Waals surface area (Å²) in [6.45, 7) is 0.934. The molecule has 1 aromatic rings. The Kier molecular flexibility index (Phi) is 5.70. The number of carboxylic acid groups (broad SMARTS) is 1. The first kappa shape index (κ1) is 17.4. The topological polar surface area (TPSA) is 87.2 Å². The summed E-state index contributed by atoms with van der Waals surface area (Å²) in [4.78, 5) is 13.0. The Labute approximate surface area is 124 Å². The first-order chi connectivity index (χ1) is 9.71. The van der Waals surface area contributed by atoms with Gasteiger partial charge >= 0.3 is 5.97 Å². The van der Waals surface area contributed by atoms with Crippen LogP contribution in [-0.2, 0) is 14.8 Å². The van der Waals surface area contributed by atoms with Gasteiger partial charge in [-0.15, -0.1) is 0 Å². The first-order valence-corrected chi connectivity index (χ1v) is 7.65. The Morgan fingerprint density at radius 3 is 2.38 bits per heavy atom. The fourth-order valence-corrected chi connectivity index (χ4v) is 2.67. The van der Waals surface area contributed by atoms with Gasteiger partial charge in [0, 0.05) is 34.8 Å². The van der Waals surface area contributed by atoms with Crippen molar-refractivity contribution in [2.45, 2.75) is 4.90 Å². The largest absolute Gasteiger partial charge is 0.478 e. The van der Waals surface area contributed by atoms with Crippen LogP contribution >= 0.6 is 0 Å². The quantitative estimate of drug-likeness (QED) is 0.797. The van der Waals surface area contributed by atoms with Gasteiger partial charge in [0.1, 0.15) is 0 Å². The van der Waals surface area contributed by atoms with Crippen molar-refractivity contribution in [3.05, 3.63) is 23.8 Å². The molecule has 0 aliphatic heterocycles. The Bertz CT molecular complexity index is 613. The number of likely N-dealkylation sites (N-methyl/N-ethyl adjacent to an activating group) is 1. The first-order valence-electron chi connectivity index (χ1n) is 6.21. The molecule has 0 fully saturated rings. The highest BCUT2D eigenvalue weighted by Gasteiger charge is 2.22. The van der Waals surface area contributed by atoms with Gasteiger partial charge in [-0.3, -0.25) is 0 Å². The second kappa shape index (κ2) is 6.88. The minimum atomic E-state index is -3.67. The SMILES string of the molecule is COCCN(C)c1ccc(S(=O)(=O)N(C)C)cc1C(=O)O. The lowest BCUT2D eigenvalue weighted by Crippen LogP contribution is -2.25. The van der Waals surface area contributed by atoms with Crippen LogP contribution in [0.1, 0.15) is 10.4 Å². The molecule has 0 heterocycles. The fourth-order valence-electron chi connectivity index (χ4n) is 1.74. The molecular weight excluding hydrogens is 296 g/mol. The molecule has 8 heteroatoms. The number of hydrogen-bond acceptors (Lipinski definition) is 5. The molecule has 118 valence electrons. The van der Waals surface area contributed by atoms with Crippen molar-refractivity contribution in [1.29, 1.82) is 0 Å². The number of carboxylic acids is 1. The minimum Gasteiger partial charge on any atom is -0.478 e. The minimum absolute atomic E-state index is 0.0474. The van der Waals surface area contributed by atoms with Gasteiger partial charge in [0.2, 0.25) is 10.0 Å². The van der Waals surface area contributed by atoms with Gasteiger partial charge in [0.05, 0.1) is 22.8 Å². The average Bonchev–Trinajstić information content (AvgIpc) is 2.43. The number of aromatic carboxylic acids is 1. The zero-order valence-corrected chi connectivity index (χ0v) is 13.3. The van der Waals surface area contributed by atoms with E-state index < -0.39 is 16.0 Å². The van der Waals surface area contributed by atoms with Crippen LogP contribution in [0.15, 0.2) is 23.1 Å². The number of anilines is 1. The van der Waals surface area contributed by atoms with Crippen molar-refractivity contribution in [2.75, 3.05) is 46.3 Å². The maximum absolute atomic E-state index is 12.1. The lowest BCUT2D eigenvalue weighted by molar-refractivity contribution is 0.0697. The zero-order chi connectivity index (χ0) is 16.2. The third-order valence-electron chi connectivity index (χ3n) is 3.02. The lowest BCUT2D eigenvalue weighted by Gasteiger charge is -2.21. The van der Waals surface area contributed by atoms with E-state index in [-0.39, 0.29) is 10.5 Å². The van der Waals surface area contributed by atoms with Crippen molar-refractivity contribution in [3.8, 4) is 0 Å². The number of ether oxygens (including phenoxy) is 1. The van der Waals surface area contributed by atoms with Crippen molar-refractivity contribution in [3.63, 3.8) is 0 Å². The Morgan fingerprint density at radius 2 is 1.90 bits per heavy atom. The Balaban J connectivity index is 3.29. The molecule has 0 saturated carbocycles. The maximum Gasteiger partial charge on any atom is 0.337 e. The van der Waals surface area contributed by atoms with E-state index in [4.69, 9.17) is 4.74 Å². The molecule has 0 unspecified atom stereocenters. The maximum atomic E-state index is 12.1. The summed E-state index contributed by atoms with van der Waals surface area (Å²) in [6, 6.07) is 4.08. The highest BCUT2D eigenvalue weighted by Crippen LogP contribution is 2.24. The summed E-state index contributed by atoms with van der Waals surface area (Å²) in [6.07, 6.45) is 0. The van der Waals surface area contributed by atoms with Crippen LogP contribution in [-0.4, -0.2) is 65.2 Å². The number of carbonyl (C=O) groups is 1. The molecule has 1 aromatic carbocycles. The predicted octanol–water partition coefficient (Wildman–Crippen LogP) is 0.718. The molecule has 0 atom stereocenters. The Hall–Kier alpha value is -1.64. The number of benzene rings is 1. The van der Waals surface area contributed by atoms with Crippen molar-refractivity contribution in [2.24, 2.45) is 0 Å². The summed E-state index contributed by atoms with van der Waals surface area (Å²) in [7, 11) is 2.41. The second-order valence-corrected chi connectivity index (χ2v) is 6.84. The number of rotatable bonds is 7. The van der Waals surface area contributed by atoms with E-state index in [0.29, 0.717) is 18.8 Å². The highest BCUT2D eigenvalue weighted by atomic mass is 32.2. The normalized spacial score (nSPS) is 11.7.